The van der Waals surface area contributed by atoms with Crippen molar-refractivity contribution in [3.63, 3.8) is 0 Å². The lowest BCUT2D eigenvalue weighted by atomic mass is 10.4. The lowest BCUT2D eigenvalue weighted by molar-refractivity contribution is -0.137. The minimum Gasteiger partial charge on any atom is -0.480 e. The Hall–Kier alpha value is -1.83. The van der Waals surface area contributed by atoms with Gasteiger partial charge in [0.25, 0.3) is 0 Å². The molecule has 0 bridgehead atoms. The molecule has 0 aliphatic heterocycles. The van der Waals surface area contributed by atoms with Gasteiger partial charge in [-0.25, -0.2) is 4.79 Å². The Labute approximate surface area is 98.6 Å². The summed E-state index contributed by atoms with van der Waals surface area (Å²) in [5.41, 5.74) is 0. The highest BCUT2D eigenvalue weighted by atomic mass is 16.4. The first kappa shape index (κ1) is 15.2. The summed E-state index contributed by atoms with van der Waals surface area (Å²) in [5.74, 6) is -1.75. The molecule has 0 saturated carbocycles. The number of aliphatic carboxylic acids is 1. The zero-order chi connectivity index (χ0) is 13.4. The molecule has 0 heterocycles. The molecule has 0 aliphatic carbocycles. The number of hydrogen-bond acceptors (Lipinski definition) is 4. The third-order valence-electron chi connectivity index (χ3n) is 1.72. The highest BCUT2D eigenvalue weighted by Gasteiger charge is 2.12. The summed E-state index contributed by atoms with van der Waals surface area (Å²) in [6, 6.07) is -0.517. The number of nitrogens with one attached hydrogen (secondary N) is 2. The van der Waals surface area contributed by atoms with E-state index in [4.69, 9.17) is 10.2 Å². The Morgan fingerprint density at radius 3 is 2.29 bits per heavy atom. The molecule has 0 aromatic heterocycles. The first-order valence-electron chi connectivity index (χ1n) is 4.98. The van der Waals surface area contributed by atoms with E-state index in [1.807, 2.05) is 0 Å². The largest absolute Gasteiger partial charge is 0.480 e. The smallest absolute Gasteiger partial charge is 0.322 e. The van der Waals surface area contributed by atoms with E-state index in [-0.39, 0.29) is 13.1 Å². The van der Waals surface area contributed by atoms with Crippen molar-refractivity contribution >= 4 is 17.9 Å². The molecule has 17 heavy (non-hydrogen) atoms. The lowest BCUT2D eigenvalue weighted by Gasteiger charge is -2.19. The Bertz CT molecular complexity index is 292. The van der Waals surface area contributed by atoms with Gasteiger partial charge in [0.15, 0.2) is 0 Å². The Morgan fingerprint density at radius 2 is 1.82 bits per heavy atom. The first-order valence-corrected chi connectivity index (χ1v) is 4.98. The van der Waals surface area contributed by atoms with E-state index < -0.39 is 30.6 Å². The molecule has 1 atom stereocenters. The number of likely N-dealkylation sites (N-methyl/N-ethyl adjacent to an activating group) is 1. The number of carboxylic acid groups (broad SMARTS) is 1. The molecule has 3 amide bonds. The van der Waals surface area contributed by atoms with Gasteiger partial charge in [0, 0.05) is 13.6 Å². The van der Waals surface area contributed by atoms with Gasteiger partial charge in [-0.05, 0) is 6.92 Å². The molecule has 1 unspecified atom stereocenters. The fourth-order valence-electron chi connectivity index (χ4n) is 1.01. The molecule has 0 radical (unpaired) electrons. The predicted octanol–water partition coefficient (Wildman–Crippen LogP) is -1.79. The number of nitrogens with zero attached hydrogens (tertiary/aromatic N) is 1. The standard InChI is InChI=1S/C9H17N3O5/c1-6(13)5-12(2)9(17)11-3-7(14)10-4-8(15)16/h6,13H,3-5H2,1-2H3,(H,10,14)(H,11,17)(H,15,16). The summed E-state index contributed by atoms with van der Waals surface area (Å²) in [5, 5.41) is 21.7. The van der Waals surface area contributed by atoms with E-state index in [9.17, 15) is 14.4 Å². The Morgan fingerprint density at radius 1 is 1.24 bits per heavy atom. The molecule has 4 N–H and O–H groups in total. The van der Waals surface area contributed by atoms with Crippen LogP contribution in [0.1, 0.15) is 6.92 Å². The first-order chi connectivity index (χ1) is 7.82. The topological polar surface area (TPSA) is 119 Å². The fourth-order valence-corrected chi connectivity index (χ4v) is 1.01. The minimum atomic E-state index is -1.16. The number of rotatable bonds is 6. The molecule has 0 spiro atoms. The van der Waals surface area contributed by atoms with Gasteiger partial charge in [-0.3, -0.25) is 9.59 Å². The van der Waals surface area contributed by atoms with Gasteiger partial charge in [0.1, 0.15) is 6.54 Å². The normalized spacial score (nSPS) is 11.5. The fraction of sp³-hybridized carbons (Fsp3) is 0.667. The van der Waals surface area contributed by atoms with E-state index in [1.54, 1.807) is 0 Å². The van der Waals surface area contributed by atoms with Crippen LogP contribution in [0.25, 0.3) is 0 Å². The lowest BCUT2D eigenvalue weighted by Crippen LogP contribution is -2.45. The zero-order valence-corrected chi connectivity index (χ0v) is 9.77. The quantitative estimate of drug-likeness (QED) is 0.442. The van der Waals surface area contributed by atoms with E-state index in [2.05, 4.69) is 10.6 Å². The number of hydrogen-bond donors (Lipinski definition) is 4. The molecule has 8 nitrogen and oxygen atoms in total. The van der Waals surface area contributed by atoms with Crippen molar-refractivity contribution in [1.82, 2.24) is 15.5 Å². The number of urea groups is 1. The van der Waals surface area contributed by atoms with Gasteiger partial charge in [0.2, 0.25) is 5.91 Å². The van der Waals surface area contributed by atoms with Crippen LogP contribution in [0.5, 0.6) is 0 Å². The van der Waals surface area contributed by atoms with Crippen LogP contribution in [0.3, 0.4) is 0 Å². The molecular weight excluding hydrogens is 230 g/mol. The third-order valence-corrected chi connectivity index (χ3v) is 1.72. The van der Waals surface area contributed by atoms with Crippen molar-refractivity contribution in [2.75, 3.05) is 26.7 Å². The van der Waals surface area contributed by atoms with Crippen LogP contribution in [0, 0.1) is 0 Å². The van der Waals surface area contributed by atoms with Crippen molar-refractivity contribution < 1.29 is 24.6 Å². The monoisotopic (exact) mass is 247 g/mol. The highest BCUT2D eigenvalue weighted by molar-refractivity contribution is 5.86. The second kappa shape index (κ2) is 7.44. The number of carbonyl (C=O) groups excluding carboxylic acids is 2. The van der Waals surface area contributed by atoms with Crippen molar-refractivity contribution in [3.05, 3.63) is 0 Å². The summed E-state index contributed by atoms with van der Waals surface area (Å²) >= 11 is 0. The van der Waals surface area contributed by atoms with Crippen LogP contribution >= 0.6 is 0 Å². The maximum Gasteiger partial charge on any atom is 0.322 e. The molecule has 0 aromatic carbocycles. The molecule has 0 aromatic rings. The average Bonchev–Trinajstić information content (AvgIpc) is 2.21. The zero-order valence-electron chi connectivity index (χ0n) is 9.77. The van der Waals surface area contributed by atoms with Crippen LogP contribution < -0.4 is 10.6 Å². The summed E-state index contributed by atoms with van der Waals surface area (Å²) in [7, 11) is 1.47. The van der Waals surface area contributed by atoms with Crippen LogP contribution in [0.15, 0.2) is 0 Å². The van der Waals surface area contributed by atoms with Gasteiger partial charge in [-0.15, -0.1) is 0 Å². The van der Waals surface area contributed by atoms with Crippen LogP contribution in [-0.4, -0.2) is 65.8 Å². The summed E-state index contributed by atoms with van der Waals surface area (Å²) in [4.78, 5) is 33.7. The van der Waals surface area contributed by atoms with Crippen molar-refractivity contribution in [3.8, 4) is 0 Å². The summed E-state index contributed by atoms with van der Waals surface area (Å²) in [6.45, 7) is 0.875. The number of amides is 3. The number of aliphatic hydroxyl groups excluding tert-OH is 1. The maximum atomic E-state index is 11.3. The Balaban J connectivity index is 3.83. The number of carboxylic acids is 1. The van der Waals surface area contributed by atoms with E-state index in [0.717, 1.165) is 0 Å². The van der Waals surface area contributed by atoms with Crippen LogP contribution in [-0.2, 0) is 9.59 Å². The van der Waals surface area contributed by atoms with E-state index in [0.29, 0.717) is 0 Å². The third kappa shape index (κ3) is 8.03. The molecule has 0 aliphatic rings. The highest BCUT2D eigenvalue weighted by Crippen LogP contribution is 1.88. The van der Waals surface area contributed by atoms with Gasteiger partial charge in [0.05, 0.1) is 12.6 Å². The maximum absolute atomic E-state index is 11.3. The molecule has 0 fully saturated rings. The van der Waals surface area contributed by atoms with E-state index in [1.165, 1.54) is 18.9 Å². The van der Waals surface area contributed by atoms with Crippen molar-refractivity contribution in [2.24, 2.45) is 0 Å². The predicted molar refractivity (Wildman–Crippen MR) is 58.4 cm³/mol. The molecular formula is C9H17N3O5. The van der Waals surface area contributed by atoms with Crippen molar-refractivity contribution in [1.29, 1.82) is 0 Å². The van der Waals surface area contributed by atoms with Gasteiger partial charge in [-0.2, -0.15) is 0 Å². The molecule has 0 saturated heterocycles. The van der Waals surface area contributed by atoms with E-state index >= 15 is 0 Å². The summed E-state index contributed by atoms with van der Waals surface area (Å²) in [6.07, 6.45) is -0.661. The van der Waals surface area contributed by atoms with Gasteiger partial charge in [-0.1, -0.05) is 0 Å². The second-order valence-electron chi connectivity index (χ2n) is 3.56. The summed E-state index contributed by atoms with van der Waals surface area (Å²) < 4.78 is 0. The van der Waals surface area contributed by atoms with Gasteiger partial charge >= 0.3 is 12.0 Å². The SMILES string of the molecule is CC(O)CN(C)C(=O)NCC(=O)NCC(=O)O. The second-order valence-corrected chi connectivity index (χ2v) is 3.56. The molecule has 8 heteroatoms. The molecule has 0 rings (SSSR count). The molecule has 98 valence electrons. The van der Waals surface area contributed by atoms with Crippen LogP contribution in [0.4, 0.5) is 4.79 Å². The van der Waals surface area contributed by atoms with Gasteiger partial charge < -0.3 is 25.7 Å². The minimum absolute atomic E-state index is 0.141. The number of carbonyl (C=O) groups is 3. The van der Waals surface area contributed by atoms with Crippen molar-refractivity contribution in [2.45, 2.75) is 13.0 Å². The average molecular weight is 247 g/mol. The van der Waals surface area contributed by atoms with Crippen LogP contribution in [0.2, 0.25) is 0 Å². The Kier molecular flexibility index (Phi) is 6.64. The number of aliphatic hydroxyl groups is 1.